The molecule has 0 unspecified atom stereocenters. The van der Waals surface area contributed by atoms with Gasteiger partial charge in [0, 0.05) is 16.8 Å². The molecule has 1 N–H and O–H groups in total. The third kappa shape index (κ3) is 7.30. The topological polar surface area (TPSA) is 98.6 Å². The van der Waals surface area contributed by atoms with E-state index in [1.807, 2.05) is 24.3 Å². The van der Waals surface area contributed by atoms with E-state index in [-0.39, 0.29) is 19.1 Å². The highest BCUT2D eigenvalue weighted by molar-refractivity contribution is 6.04. The van der Waals surface area contributed by atoms with Crippen molar-refractivity contribution < 1.29 is 23.8 Å². The molecular weight excluding hydrogens is 434 g/mol. The Labute approximate surface area is 197 Å². The van der Waals surface area contributed by atoms with Gasteiger partial charge < -0.3 is 19.5 Å². The normalized spacial score (nSPS) is 10.5. The molecule has 1 amide bonds. The van der Waals surface area contributed by atoms with Crippen molar-refractivity contribution in [3.63, 3.8) is 0 Å². The molecule has 0 fully saturated rings. The average molecular weight is 460 g/mol. The van der Waals surface area contributed by atoms with Gasteiger partial charge in [0.2, 0.25) is 0 Å². The fourth-order valence-corrected chi connectivity index (χ4v) is 2.70. The Kier molecular flexibility index (Phi) is 8.51. The van der Waals surface area contributed by atoms with Gasteiger partial charge in [-0.2, -0.15) is 10.2 Å². The molecule has 0 bridgehead atoms. The van der Waals surface area contributed by atoms with Crippen molar-refractivity contribution in [1.82, 2.24) is 0 Å². The lowest BCUT2D eigenvalue weighted by Gasteiger charge is -2.09. The number of azo groups is 1. The molecule has 0 aliphatic rings. The van der Waals surface area contributed by atoms with Gasteiger partial charge in [0.1, 0.15) is 24.7 Å². The number of nitrogens with zero attached hydrogens (tertiary/aromatic N) is 2. The first-order chi connectivity index (χ1) is 16.4. The summed E-state index contributed by atoms with van der Waals surface area (Å²) in [4.78, 5) is 23.8. The zero-order chi connectivity index (χ0) is 24.3. The molecule has 3 aromatic carbocycles. The minimum atomic E-state index is -0.455. The second-order valence-electron chi connectivity index (χ2n) is 7.19. The molecule has 0 heterocycles. The molecule has 8 nitrogen and oxygen atoms in total. The summed E-state index contributed by atoms with van der Waals surface area (Å²) in [6, 6.07) is 21.0. The van der Waals surface area contributed by atoms with Gasteiger partial charge in [0.15, 0.2) is 0 Å². The van der Waals surface area contributed by atoms with Gasteiger partial charge in [0.25, 0.3) is 5.91 Å². The van der Waals surface area contributed by atoms with Crippen LogP contribution in [0.1, 0.15) is 17.3 Å². The van der Waals surface area contributed by atoms with Crippen LogP contribution >= 0.6 is 0 Å². The van der Waals surface area contributed by atoms with Crippen LogP contribution in [0.2, 0.25) is 0 Å². The van der Waals surface area contributed by atoms with Gasteiger partial charge in [-0.3, -0.25) is 4.79 Å². The van der Waals surface area contributed by atoms with Crippen molar-refractivity contribution >= 4 is 28.9 Å². The molecule has 0 spiro atoms. The second-order valence-corrected chi connectivity index (χ2v) is 7.19. The highest BCUT2D eigenvalue weighted by atomic mass is 16.6. The van der Waals surface area contributed by atoms with Crippen molar-refractivity contribution in [2.24, 2.45) is 10.2 Å². The lowest BCUT2D eigenvalue weighted by Crippen LogP contribution is -2.13. The zero-order valence-electron chi connectivity index (χ0n) is 19.0. The Morgan fingerprint density at radius 2 is 1.38 bits per heavy atom. The predicted molar refractivity (Wildman–Crippen MR) is 129 cm³/mol. The summed E-state index contributed by atoms with van der Waals surface area (Å²) in [5, 5.41) is 11.2. The van der Waals surface area contributed by atoms with E-state index < -0.39 is 5.97 Å². The number of rotatable bonds is 10. The maximum absolute atomic E-state index is 12.5. The molecule has 8 heteroatoms. The van der Waals surface area contributed by atoms with E-state index in [1.54, 1.807) is 62.6 Å². The first-order valence-electron chi connectivity index (χ1n) is 10.5. The van der Waals surface area contributed by atoms with E-state index in [0.717, 1.165) is 5.75 Å². The maximum atomic E-state index is 12.5. The number of ether oxygens (including phenoxy) is 3. The van der Waals surface area contributed by atoms with E-state index in [0.29, 0.717) is 33.9 Å². The lowest BCUT2D eigenvalue weighted by molar-refractivity contribution is -0.139. The Bertz CT molecular complexity index is 1150. The van der Waals surface area contributed by atoms with Crippen LogP contribution in [0.15, 0.2) is 95.2 Å². The van der Waals surface area contributed by atoms with Gasteiger partial charge in [0.05, 0.1) is 18.5 Å². The molecule has 3 rings (SSSR count). The van der Waals surface area contributed by atoms with Gasteiger partial charge in [-0.1, -0.05) is 6.58 Å². The Morgan fingerprint density at radius 1 is 0.824 bits per heavy atom. The number of carbonyl (C=O) groups excluding carboxylic acids is 2. The van der Waals surface area contributed by atoms with Gasteiger partial charge in [-0.15, -0.1) is 0 Å². The van der Waals surface area contributed by atoms with Crippen LogP contribution in [0.5, 0.6) is 11.5 Å². The molecule has 174 valence electrons. The molecule has 0 aromatic heterocycles. The van der Waals surface area contributed by atoms with E-state index in [2.05, 4.69) is 22.1 Å². The standard InChI is InChI=1S/C26H25N3O5/c1-18(2)26(31)34-17-16-33-24-12-4-19(5-13-24)25(30)27-20-6-8-21(9-7-20)28-29-22-10-14-23(32-3)15-11-22/h4-15H,1,16-17H2,2-3H3,(H,27,30). The van der Waals surface area contributed by atoms with E-state index in [1.165, 1.54) is 0 Å². The molecule has 0 radical (unpaired) electrons. The van der Waals surface area contributed by atoms with Crippen LogP contribution in [0.3, 0.4) is 0 Å². The van der Waals surface area contributed by atoms with Crippen LogP contribution in [0, 0.1) is 0 Å². The van der Waals surface area contributed by atoms with Crippen LogP contribution in [-0.2, 0) is 9.53 Å². The molecule has 0 aliphatic carbocycles. The number of hydrogen-bond acceptors (Lipinski definition) is 7. The smallest absolute Gasteiger partial charge is 0.333 e. The number of anilines is 1. The van der Waals surface area contributed by atoms with E-state index >= 15 is 0 Å². The number of hydrogen-bond donors (Lipinski definition) is 1. The van der Waals surface area contributed by atoms with Crippen LogP contribution < -0.4 is 14.8 Å². The molecule has 0 saturated carbocycles. The molecule has 0 aliphatic heterocycles. The SMILES string of the molecule is C=C(C)C(=O)OCCOc1ccc(C(=O)Nc2ccc(N=Nc3ccc(OC)cc3)cc2)cc1. The average Bonchev–Trinajstić information content (AvgIpc) is 2.86. The minimum absolute atomic E-state index is 0.115. The highest BCUT2D eigenvalue weighted by Crippen LogP contribution is 2.22. The van der Waals surface area contributed by atoms with Gasteiger partial charge in [-0.25, -0.2) is 4.79 Å². The summed E-state index contributed by atoms with van der Waals surface area (Å²) < 4.78 is 15.6. The van der Waals surface area contributed by atoms with E-state index in [9.17, 15) is 9.59 Å². The molecule has 3 aromatic rings. The third-order valence-electron chi connectivity index (χ3n) is 4.53. The second kappa shape index (κ2) is 12.0. The Balaban J connectivity index is 1.48. The van der Waals surface area contributed by atoms with Crippen molar-refractivity contribution in [2.45, 2.75) is 6.92 Å². The first kappa shape index (κ1) is 24.2. The number of esters is 1. The fourth-order valence-electron chi connectivity index (χ4n) is 2.70. The number of nitrogens with one attached hydrogen (secondary N) is 1. The maximum Gasteiger partial charge on any atom is 0.333 e. The molecule has 34 heavy (non-hydrogen) atoms. The van der Waals surface area contributed by atoms with Crippen molar-refractivity contribution in [3.8, 4) is 11.5 Å². The van der Waals surface area contributed by atoms with Crippen LogP contribution in [0.25, 0.3) is 0 Å². The first-order valence-corrected chi connectivity index (χ1v) is 10.5. The monoisotopic (exact) mass is 459 g/mol. The summed E-state index contributed by atoms with van der Waals surface area (Å²) in [6.07, 6.45) is 0. The number of carbonyl (C=O) groups is 2. The molecular formula is C26H25N3O5. The molecule has 0 atom stereocenters. The quantitative estimate of drug-likeness (QED) is 0.177. The summed E-state index contributed by atoms with van der Waals surface area (Å²) in [5.41, 5.74) is 2.81. The lowest BCUT2D eigenvalue weighted by atomic mass is 10.2. The van der Waals surface area contributed by atoms with Crippen molar-refractivity contribution in [2.75, 3.05) is 25.6 Å². The molecule has 0 saturated heterocycles. The third-order valence-corrected chi connectivity index (χ3v) is 4.53. The predicted octanol–water partition coefficient (Wildman–Crippen LogP) is 5.86. The zero-order valence-corrected chi connectivity index (χ0v) is 19.0. The van der Waals surface area contributed by atoms with Crippen LogP contribution in [-0.4, -0.2) is 32.2 Å². The van der Waals surface area contributed by atoms with E-state index in [4.69, 9.17) is 14.2 Å². The summed E-state index contributed by atoms with van der Waals surface area (Å²) >= 11 is 0. The number of amides is 1. The summed E-state index contributed by atoms with van der Waals surface area (Å²) in [6.45, 7) is 5.41. The Morgan fingerprint density at radius 3 is 1.94 bits per heavy atom. The fraction of sp³-hybridized carbons (Fsp3) is 0.154. The number of benzene rings is 3. The van der Waals surface area contributed by atoms with Crippen LogP contribution in [0.4, 0.5) is 17.1 Å². The summed E-state index contributed by atoms with van der Waals surface area (Å²) in [5.74, 6) is 0.607. The highest BCUT2D eigenvalue weighted by Gasteiger charge is 2.07. The summed E-state index contributed by atoms with van der Waals surface area (Å²) in [7, 11) is 1.61. The van der Waals surface area contributed by atoms with Crippen molar-refractivity contribution in [1.29, 1.82) is 0 Å². The van der Waals surface area contributed by atoms with Crippen molar-refractivity contribution in [3.05, 3.63) is 90.5 Å². The Hall–Kier alpha value is -4.46. The van der Waals surface area contributed by atoms with Gasteiger partial charge >= 0.3 is 5.97 Å². The minimum Gasteiger partial charge on any atom is -0.497 e. The van der Waals surface area contributed by atoms with Gasteiger partial charge in [-0.05, 0) is 79.7 Å². The largest absolute Gasteiger partial charge is 0.497 e. The number of methoxy groups -OCH3 is 1.